The van der Waals surface area contributed by atoms with E-state index < -0.39 is 0 Å². The highest BCUT2D eigenvalue weighted by Gasteiger charge is 2.56. The summed E-state index contributed by atoms with van der Waals surface area (Å²) in [6.45, 7) is 53.7. The summed E-state index contributed by atoms with van der Waals surface area (Å²) in [6.07, 6.45) is 73.9. The van der Waals surface area contributed by atoms with E-state index >= 15 is 0 Å². The summed E-state index contributed by atoms with van der Waals surface area (Å²) in [5.74, 6) is 19.0. The zero-order valence-corrected chi connectivity index (χ0v) is 73.2. The molecule has 0 saturated heterocycles. The lowest BCUT2D eigenvalue weighted by molar-refractivity contribution is -0.0738. The highest BCUT2D eigenvalue weighted by Crippen LogP contribution is 2.65. The zero-order chi connectivity index (χ0) is 74.0. The Balaban J connectivity index is 0.000000199. The van der Waals surface area contributed by atoms with Gasteiger partial charge in [-0.15, -0.1) is 0 Å². The first-order valence-electron chi connectivity index (χ1n) is 46.3. The van der Waals surface area contributed by atoms with Crippen LogP contribution in [-0.2, 0) is 0 Å². The van der Waals surface area contributed by atoms with Gasteiger partial charge in [-0.25, -0.2) is 0 Å². The van der Waals surface area contributed by atoms with Gasteiger partial charge in [0.15, 0.2) is 0 Å². The van der Waals surface area contributed by atoms with Crippen molar-refractivity contribution < 1.29 is 0 Å². The van der Waals surface area contributed by atoms with Crippen molar-refractivity contribution in [2.45, 2.75) is 480 Å². The summed E-state index contributed by atoms with van der Waals surface area (Å²) >= 11 is 0. The van der Waals surface area contributed by atoms with Crippen molar-refractivity contribution >= 4 is 0 Å². The average Bonchev–Trinajstić information content (AvgIpc) is 0.835. The van der Waals surface area contributed by atoms with Crippen LogP contribution >= 0.6 is 0 Å². The third kappa shape index (κ3) is 34.4. The van der Waals surface area contributed by atoms with Crippen molar-refractivity contribution in [1.29, 1.82) is 5.26 Å². The Morgan fingerprint density at radius 1 is 0.330 bits per heavy atom. The molecule has 20 aliphatic rings. The van der Waals surface area contributed by atoms with Crippen molar-refractivity contribution in [1.82, 2.24) is 0 Å². The van der Waals surface area contributed by atoms with Crippen LogP contribution in [0.1, 0.15) is 480 Å². The maximum Gasteiger partial charge on any atom is 0.0690 e. The van der Waals surface area contributed by atoms with Crippen LogP contribution in [0.25, 0.3) is 0 Å². The van der Waals surface area contributed by atoms with Crippen LogP contribution in [0.15, 0.2) is 0 Å². The normalized spacial score (nSPS) is 37.4. The lowest BCUT2D eigenvalue weighted by Gasteiger charge is -2.58. The van der Waals surface area contributed by atoms with E-state index in [1.54, 1.807) is 44.9 Å². The monoisotopic (exact) mass is 1390 g/mol. The van der Waals surface area contributed by atoms with Gasteiger partial charge in [0, 0.05) is 0 Å². The summed E-state index contributed by atoms with van der Waals surface area (Å²) in [7, 11) is 0. The van der Waals surface area contributed by atoms with Gasteiger partial charge in [-0.05, 0) is 274 Å². The summed E-state index contributed by atoms with van der Waals surface area (Å²) < 4.78 is 0. The van der Waals surface area contributed by atoms with E-state index in [2.05, 4.69) is 165 Å². The molecule has 0 heterocycles. The second-order valence-corrected chi connectivity index (χ2v) is 45.8. The maximum absolute atomic E-state index is 9.30. The molecule has 0 radical (unpaired) electrons. The lowest BCUT2D eigenvalue weighted by atomic mass is 9.45. The molecule has 0 amide bonds. The fraction of sp³-hybridized carbons (Fsp3) is 0.990. The van der Waals surface area contributed by atoms with E-state index in [-0.39, 0.29) is 5.41 Å². The summed E-state index contributed by atoms with van der Waals surface area (Å²) in [6, 6.07) is 2.63. The molecule has 20 rings (SSSR count). The topological polar surface area (TPSA) is 23.8 Å². The van der Waals surface area contributed by atoms with Crippen molar-refractivity contribution in [2.75, 3.05) is 0 Å². The Labute approximate surface area is 632 Å². The minimum absolute atomic E-state index is 0.110. The van der Waals surface area contributed by atoms with Crippen molar-refractivity contribution in [3.63, 3.8) is 0 Å². The fourth-order valence-electron chi connectivity index (χ4n) is 23.6. The van der Waals surface area contributed by atoms with E-state index in [4.69, 9.17) is 0 Å². The molecule has 1 nitrogen and oxygen atoms in total. The molecule has 20 aliphatic carbocycles. The average molecular weight is 1390 g/mol. The molecule has 0 aliphatic heterocycles. The molecule has 588 valence electrons. The van der Waals surface area contributed by atoms with Crippen LogP contribution < -0.4 is 0 Å². The van der Waals surface area contributed by atoms with E-state index in [0.717, 1.165) is 112 Å². The quantitative estimate of drug-likeness (QED) is 0.222. The van der Waals surface area contributed by atoms with Crippen molar-refractivity contribution in [3.8, 4) is 6.07 Å². The fourth-order valence-corrected chi connectivity index (χ4v) is 23.6. The van der Waals surface area contributed by atoms with Crippen LogP contribution in [0.3, 0.4) is 0 Å². The molecular weight excluding hydrogens is 1200 g/mol. The predicted octanol–water partition coefficient (Wildman–Crippen LogP) is 33.5. The Hall–Kier alpha value is -0.510. The molecule has 20 saturated carbocycles. The summed E-state index contributed by atoms with van der Waals surface area (Å²) in [4.78, 5) is 0. The van der Waals surface area contributed by atoms with Gasteiger partial charge in [0.2, 0.25) is 0 Å². The molecule has 0 spiro atoms. The van der Waals surface area contributed by atoms with E-state index in [9.17, 15) is 5.26 Å². The third-order valence-electron chi connectivity index (χ3n) is 30.1. The molecule has 6 atom stereocenters. The van der Waals surface area contributed by atoms with Gasteiger partial charge in [0.25, 0.3) is 0 Å². The lowest BCUT2D eigenvalue weighted by Crippen LogP contribution is -2.50. The van der Waals surface area contributed by atoms with E-state index in [1.807, 2.05) is 0 Å². The van der Waals surface area contributed by atoms with Crippen molar-refractivity contribution in [3.05, 3.63) is 0 Å². The Morgan fingerprint density at radius 3 is 0.940 bits per heavy atom. The molecule has 0 aromatic rings. The van der Waals surface area contributed by atoms with Gasteiger partial charge < -0.3 is 0 Å². The number of hydrogen-bond donors (Lipinski definition) is 0. The van der Waals surface area contributed by atoms with Crippen LogP contribution in [0.2, 0.25) is 0 Å². The zero-order valence-electron chi connectivity index (χ0n) is 73.2. The molecule has 0 aromatic heterocycles. The Morgan fingerprint density at radius 2 is 0.640 bits per heavy atom. The molecule has 6 unspecified atom stereocenters. The van der Waals surface area contributed by atoms with Gasteiger partial charge in [0.1, 0.15) is 0 Å². The van der Waals surface area contributed by atoms with Crippen LogP contribution in [0, 0.1) is 156 Å². The first-order chi connectivity index (χ1) is 46.9. The minimum atomic E-state index is 0.110. The van der Waals surface area contributed by atoms with Crippen LogP contribution in [0.4, 0.5) is 0 Å². The smallest absolute Gasteiger partial charge is 0.0690 e. The second kappa shape index (κ2) is 43.6. The number of hydrogen-bond acceptors (Lipinski definition) is 1. The molecule has 0 N–H and O–H groups in total. The Kier molecular flexibility index (Phi) is 39.3. The molecular formula is C99H187N. The van der Waals surface area contributed by atoms with E-state index in [0.29, 0.717) is 27.1 Å². The van der Waals surface area contributed by atoms with Gasteiger partial charge >= 0.3 is 0 Å². The predicted molar refractivity (Wildman–Crippen MR) is 447 cm³/mol. The van der Waals surface area contributed by atoms with Gasteiger partial charge in [-0.1, -0.05) is 345 Å². The highest BCUT2D eigenvalue weighted by atomic mass is 14.6. The van der Waals surface area contributed by atoms with Gasteiger partial charge in [-0.2, -0.15) is 5.26 Å². The number of rotatable bonds is 0. The molecule has 1 heteroatoms. The third-order valence-corrected chi connectivity index (χ3v) is 30.1. The second-order valence-electron chi connectivity index (χ2n) is 45.8. The van der Waals surface area contributed by atoms with Crippen LogP contribution in [-0.4, -0.2) is 0 Å². The van der Waals surface area contributed by atoms with Crippen LogP contribution in [0.5, 0.6) is 0 Å². The van der Waals surface area contributed by atoms with Gasteiger partial charge in [-0.3, -0.25) is 0 Å². The number of nitriles is 1. The summed E-state index contributed by atoms with van der Waals surface area (Å²) in [5, 5.41) is 9.30. The van der Waals surface area contributed by atoms with Crippen molar-refractivity contribution in [2.24, 2.45) is 144 Å². The maximum atomic E-state index is 9.30. The SMILES string of the molecule is CC(C)(C)C.CC(C)C.CC1(C)C2CCCC1C2.CC1(C)CCCCC1.CC1(C)CCCCCC1.CC12CC3CC(C1)CC(C#N)(C3)C2.CC1C2CC3CC(C2)CC1C3.CC1C2CCCC1C2.CC1CCC(C(C)(C)C)CC1.CC1CCCC1.CC1CCCCC1.CC1CCCCCCC1. The molecule has 20 fully saturated rings. The molecule has 100 heavy (non-hydrogen) atoms. The standard InChI is InChI=1S/C12H17N.C11H18.C11H22.C9H16.2C9H18.C8H14.C8H16.C7H14.C6H12.C5H12.C4H10/c1-11-3-9-2-10(4-11)6-12(5-9,7-11)8-13;1-7-10-3-8-2-9(5-10)6-11(7)4-8;1-9-5-7-10(8-6-9)11(2,3)4;1-9(2)7-4-3-5-8(9)6-7;1-9(2)7-5-3-4-6-8-9;1-9-7-5-3-2-4-6-8-9;1-6-7-3-2-4-8(6)5-7;1-8(2)6-4-3-5-7-8;1-7-5-3-2-4-6-7;1-6-4-2-3-5-6;1-5(2,3)4;1-4(2)3/h9-10H,2-7H2,1H3;7-11H,2-6H2,1H3;9-10H,5-8H2,1-4H3;7-8H,3-6H2,1-2H3;3-8H2,1-2H3;9H,2-8H2,1H3;6-8H,2-5H2,1H3;3-7H2,1-2H3;7H,2-6H2,1H3;6H,2-5H2,1H3;1-4H3;4H,1-3H3. The molecule has 12 bridgehead atoms. The first-order valence-corrected chi connectivity index (χ1v) is 46.3. The highest BCUT2D eigenvalue weighted by molar-refractivity contribution is 5.14. The molecule has 0 aromatic carbocycles. The summed E-state index contributed by atoms with van der Waals surface area (Å²) in [5.41, 5.74) is 3.78. The Bertz CT molecular complexity index is 2040. The van der Waals surface area contributed by atoms with Gasteiger partial charge in [0.05, 0.1) is 11.5 Å². The largest absolute Gasteiger partial charge is 0.198 e. The van der Waals surface area contributed by atoms with E-state index in [1.165, 1.54) is 276 Å². The number of fused-ring (bicyclic) bond motifs is 4. The number of nitrogens with zero attached hydrogens (tertiary/aromatic N) is 1. The first kappa shape index (κ1) is 90.1. The minimum Gasteiger partial charge on any atom is -0.198 e.